The second-order valence-electron chi connectivity index (χ2n) is 4.02. The Morgan fingerprint density at radius 3 is 2.65 bits per heavy atom. The molecule has 0 radical (unpaired) electrons. The Morgan fingerprint density at radius 1 is 1.41 bits per heavy atom. The maximum atomic E-state index is 12.3. The molecule has 2 heterocycles. The predicted molar refractivity (Wildman–Crippen MR) is 66.8 cm³/mol. The van der Waals surface area contributed by atoms with E-state index >= 15 is 0 Å². The Kier molecular flexibility index (Phi) is 3.21. The van der Waals surface area contributed by atoms with Crippen molar-refractivity contribution in [2.75, 3.05) is 30.2 Å². The Bertz CT molecular complexity index is 497. The normalized spacial score (nSPS) is 17.2. The summed E-state index contributed by atoms with van der Waals surface area (Å²) in [6, 6.07) is 1.60. The first-order valence-electron chi connectivity index (χ1n) is 5.47. The fourth-order valence-electron chi connectivity index (χ4n) is 1.90. The fraction of sp³-hybridized carbons (Fsp3) is 0.500. The smallest absolute Gasteiger partial charge is 0.303 e. The largest absolute Gasteiger partial charge is 0.396 e. The zero-order valence-electron chi connectivity index (χ0n) is 9.70. The van der Waals surface area contributed by atoms with Gasteiger partial charge in [-0.3, -0.25) is 9.29 Å². The summed E-state index contributed by atoms with van der Waals surface area (Å²) < 4.78 is 27.2. The van der Waals surface area contributed by atoms with Crippen molar-refractivity contribution in [1.29, 1.82) is 0 Å². The Morgan fingerprint density at radius 2 is 2.06 bits per heavy atom. The summed E-state index contributed by atoms with van der Waals surface area (Å²) in [6.07, 6.45) is 4.81. The lowest BCUT2D eigenvalue weighted by Crippen LogP contribution is -2.40. The van der Waals surface area contributed by atoms with Gasteiger partial charge in [0.25, 0.3) is 0 Å². The van der Waals surface area contributed by atoms with E-state index in [1.807, 2.05) is 0 Å². The first-order chi connectivity index (χ1) is 8.03. The summed E-state index contributed by atoms with van der Waals surface area (Å²) >= 11 is 0. The molecule has 17 heavy (non-hydrogen) atoms. The van der Waals surface area contributed by atoms with Crippen LogP contribution in [0.3, 0.4) is 0 Å². The molecule has 1 saturated heterocycles. The maximum absolute atomic E-state index is 12.3. The van der Waals surface area contributed by atoms with Crippen LogP contribution < -0.4 is 10.0 Å². The van der Waals surface area contributed by atoms with E-state index in [0.717, 1.165) is 12.8 Å². The zero-order valence-corrected chi connectivity index (χ0v) is 10.5. The van der Waals surface area contributed by atoms with Crippen molar-refractivity contribution in [3.05, 3.63) is 18.5 Å². The molecule has 1 fully saturated rings. The molecule has 1 aromatic rings. The van der Waals surface area contributed by atoms with Crippen LogP contribution in [0.25, 0.3) is 0 Å². The van der Waals surface area contributed by atoms with Gasteiger partial charge >= 0.3 is 10.2 Å². The standard InChI is InChI=1S/C10H16N4O2S/c1-13(10-4-5-12-8-9(10)11)17(15,16)14-6-2-3-7-14/h4-5,8H,2-3,6-7,11H2,1H3. The van der Waals surface area contributed by atoms with E-state index < -0.39 is 10.2 Å². The van der Waals surface area contributed by atoms with E-state index in [4.69, 9.17) is 5.73 Å². The van der Waals surface area contributed by atoms with Crippen molar-refractivity contribution in [2.45, 2.75) is 12.8 Å². The van der Waals surface area contributed by atoms with Crippen LogP contribution in [-0.2, 0) is 10.2 Å². The van der Waals surface area contributed by atoms with Gasteiger partial charge in [0, 0.05) is 26.3 Å². The van der Waals surface area contributed by atoms with Crippen molar-refractivity contribution in [3.8, 4) is 0 Å². The molecule has 94 valence electrons. The molecule has 0 atom stereocenters. The molecule has 0 spiro atoms. The van der Waals surface area contributed by atoms with Crippen LogP contribution in [0.15, 0.2) is 18.5 Å². The van der Waals surface area contributed by atoms with Crippen LogP contribution in [-0.4, -0.2) is 37.8 Å². The fourth-order valence-corrected chi connectivity index (χ4v) is 3.38. The summed E-state index contributed by atoms with van der Waals surface area (Å²) in [5.74, 6) is 0. The molecule has 0 unspecified atom stereocenters. The molecule has 2 rings (SSSR count). The SMILES string of the molecule is CN(c1ccncc1N)S(=O)(=O)N1CCCC1. The molecule has 0 amide bonds. The van der Waals surface area contributed by atoms with E-state index in [-0.39, 0.29) is 0 Å². The summed E-state index contributed by atoms with van der Waals surface area (Å²) in [4.78, 5) is 3.85. The molecule has 2 N–H and O–H groups in total. The average Bonchev–Trinajstić information content (AvgIpc) is 2.83. The molecule has 1 aliphatic rings. The summed E-state index contributed by atoms with van der Waals surface area (Å²) in [7, 11) is -1.94. The molecular formula is C10H16N4O2S. The lowest BCUT2D eigenvalue weighted by molar-refractivity contribution is 0.476. The van der Waals surface area contributed by atoms with Crippen molar-refractivity contribution in [1.82, 2.24) is 9.29 Å². The molecule has 0 saturated carbocycles. The van der Waals surface area contributed by atoms with E-state index in [1.165, 1.54) is 28.1 Å². The molecule has 0 bridgehead atoms. The Balaban J connectivity index is 2.31. The van der Waals surface area contributed by atoms with E-state index in [0.29, 0.717) is 24.5 Å². The molecular weight excluding hydrogens is 240 g/mol. The van der Waals surface area contributed by atoms with Crippen LogP contribution in [0.4, 0.5) is 11.4 Å². The van der Waals surface area contributed by atoms with Crippen molar-refractivity contribution in [3.63, 3.8) is 0 Å². The Labute approximate surface area is 101 Å². The quantitative estimate of drug-likeness (QED) is 0.851. The second-order valence-corrected chi connectivity index (χ2v) is 5.98. The van der Waals surface area contributed by atoms with E-state index in [9.17, 15) is 8.42 Å². The van der Waals surface area contributed by atoms with E-state index in [2.05, 4.69) is 4.98 Å². The molecule has 7 heteroatoms. The minimum Gasteiger partial charge on any atom is -0.396 e. The molecule has 1 aliphatic heterocycles. The van der Waals surface area contributed by atoms with Gasteiger partial charge in [0.1, 0.15) is 0 Å². The van der Waals surface area contributed by atoms with Gasteiger partial charge in [-0.25, -0.2) is 0 Å². The second kappa shape index (κ2) is 4.50. The highest BCUT2D eigenvalue weighted by Gasteiger charge is 2.30. The highest BCUT2D eigenvalue weighted by molar-refractivity contribution is 7.90. The predicted octanol–water partition coefficient (Wildman–Crippen LogP) is 0.441. The summed E-state index contributed by atoms with van der Waals surface area (Å²) in [6.45, 7) is 1.16. The van der Waals surface area contributed by atoms with Gasteiger partial charge in [0.05, 0.1) is 17.6 Å². The monoisotopic (exact) mass is 256 g/mol. The van der Waals surface area contributed by atoms with Crippen molar-refractivity contribution in [2.24, 2.45) is 0 Å². The minimum absolute atomic E-state index is 0.359. The molecule has 0 aromatic carbocycles. The van der Waals surface area contributed by atoms with Gasteiger partial charge in [0.15, 0.2) is 0 Å². The third-order valence-electron chi connectivity index (χ3n) is 2.90. The number of pyridine rings is 1. The first kappa shape index (κ1) is 12.1. The number of aromatic nitrogens is 1. The Hall–Kier alpha value is -1.34. The topological polar surface area (TPSA) is 79.5 Å². The summed E-state index contributed by atoms with van der Waals surface area (Å²) in [5, 5.41) is 0. The number of hydrogen-bond acceptors (Lipinski definition) is 4. The number of nitrogens with zero attached hydrogens (tertiary/aromatic N) is 3. The van der Waals surface area contributed by atoms with Crippen LogP contribution in [0.5, 0.6) is 0 Å². The third-order valence-corrected chi connectivity index (χ3v) is 4.81. The highest BCUT2D eigenvalue weighted by atomic mass is 32.2. The van der Waals surface area contributed by atoms with Crippen LogP contribution in [0.1, 0.15) is 12.8 Å². The number of rotatable bonds is 3. The van der Waals surface area contributed by atoms with E-state index in [1.54, 1.807) is 6.07 Å². The number of anilines is 2. The molecule has 6 nitrogen and oxygen atoms in total. The number of nitrogens with two attached hydrogens (primary N) is 1. The lowest BCUT2D eigenvalue weighted by atomic mass is 10.3. The van der Waals surface area contributed by atoms with Gasteiger partial charge in [-0.1, -0.05) is 0 Å². The third kappa shape index (κ3) is 2.20. The van der Waals surface area contributed by atoms with Gasteiger partial charge < -0.3 is 5.73 Å². The van der Waals surface area contributed by atoms with Crippen molar-refractivity contribution < 1.29 is 8.42 Å². The van der Waals surface area contributed by atoms with Crippen LogP contribution in [0, 0.1) is 0 Å². The van der Waals surface area contributed by atoms with Crippen molar-refractivity contribution >= 4 is 21.6 Å². The highest BCUT2D eigenvalue weighted by Crippen LogP contribution is 2.25. The maximum Gasteiger partial charge on any atom is 0.303 e. The summed E-state index contributed by atoms with van der Waals surface area (Å²) in [5.41, 5.74) is 6.55. The minimum atomic E-state index is -3.46. The number of nitrogen functional groups attached to an aromatic ring is 1. The number of hydrogen-bond donors (Lipinski definition) is 1. The van der Waals surface area contributed by atoms with Crippen LogP contribution in [0.2, 0.25) is 0 Å². The van der Waals surface area contributed by atoms with Gasteiger partial charge in [0.2, 0.25) is 0 Å². The molecule has 0 aliphatic carbocycles. The zero-order chi connectivity index (χ0) is 12.5. The van der Waals surface area contributed by atoms with Gasteiger partial charge in [-0.15, -0.1) is 0 Å². The van der Waals surface area contributed by atoms with Gasteiger partial charge in [-0.2, -0.15) is 12.7 Å². The first-order valence-corrected chi connectivity index (χ1v) is 6.86. The lowest BCUT2D eigenvalue weighted by Gasteiger charge is -2.26. The average molecular weight is 256 g/mol. The van der Waals surface area contributed by atoms with Crippen LogP contribution >= 0.6 is 0 Å². The van der Waals surface area contributed by atoms with Gasteiger partial charge in [-0.05, 0) is 18.9 Å². The molecule has 1 aromatic heterocycles.